The van der Waals surface area contributed by atoms with Crippen molar-refractivity contribution in [3.63, 3.8) is 0 Å². The summed E-state index contributed by atoms with van der Waals surface area (Å²) in [7, 11) is 0. The number of nitrogens with zero attached hydrogens (tertiary/aromatic N) is 2. The molecular weight excluding hydrogens is 384 g/mol. The average molecular weight is 407 g/mol. The lowest BCUT2D eigenvalue weighted by Crippen LogP contribution is -2.35. The molecule has 0 fully saturated rings. The summed E-state index contributed by atoms with van der Waals surface area (Å²) in [4.78, 5) is 24.9. The van der Waals surface area contributed by atoms with Crippen molar-refractivity contribution >= 4 is 29.4 Å². The topological polar surface area (TPSA) is 76.0 Å². The van der Waals surface area contributed by atoms with Gasteiger partial charge in [-0.25, -0.2) is 4.68 Å². The van der Waals surface area contributed by atoms with Crippen LogP contribution in [-0.2, 0) is 27.6 Å². The van der Waals surface area contributed by atoms with Gasteiger partial charge in [0.15, 0.2) is 0 Å². The van der Waals surface area contributed by atoms with Gasteiger partial charge in [0.25, 0.3) is 0 Å². The highest BCUT2D eigenvalue weighted by Crippen LogP contribution is 2.36. The first kappa shape index (κ1) is 19.3. The molecule has 29 heavy (non-hydrogen) atoms. The van der Waals surface area contributed by atoms with E-state index in [4.69, 9.17) is 0 Å². The Morgan fingerprint density at radius 1 is 0.966 bits per heavy atom. The SMILES string of the molecule is Cc1ccc(CNC(=O)C(=O)Nc2c3c(nn2-c2ccc(C)cc2)CSC3)cc1. The monoisotopic (exact) mass is 406 g/mol. The fraction of sp³-hybridized carbons (Fsp3) is 0.227. The molecule has 0 aliphatic carbocycles. The van der Waals surface area contributed by atoms with Crippen molar-refractivity contribution < 1.29 is 9.59 Å². The molecule has 1 aromatic heterocycles. The van der Waals surface area contributed by atoms with Crippen molar-refractivity contribution in [1.29, 1.82) is 0 Å². The molecule has 2 heterocycles. The van der Waals surface area contributed by atoms with Crippen LogP contribution in [0.5, 0.6) is 0 Å². The maximum Gasteiger partial charge on any atom is 0.314 e. The number of aromatic nitrogens is 2. The van der Waals surface area contributed by atoms with Gasteiger partial charge < -0.3 is 10.6 Å². The Morgan fingerprint density at radius 3 is 2.31 bits per heavy atom. The van der Waals surface area contributed by atoms with Crippen molar-refractivity contribution in [3.05, 3.63) is 76.5 Å². The number of thioether (sulfide) groups is 1. The van der Waals surface area contributed by atoms with Crippen LogP contribution in [0, 0.1) is 13.8 Å². The van der Waals surface area contributed by atoms with Crippen LogP contribution in [0.3, 0.4) is 0 Å². The van der Waals surface area contributed by atoms with Crippen LogP contribution in [0.15, 0.2) is 48.5 Å². The van der Waals surface area contributed by atoms with Gasteiger partial charge in [-0.05, 0) is 31.5 Å². The number of nitrogens with one attached hydrogen (secondary N) is 2. The summed E-state index contributed by atoms with van der Waals surface area (Å²) in [6.07, 6.45) is 0. The zero-order valence-corrected chi connectivity index (χ0v) is 17.2. The zero-order chi connectivity index (χ0) is 20.4. The van der Waals surface area contributed by atoms with Gasteiger partial charge in [0.1, 0.15) is 5.82 Å². The number of aryl methyl sites for hydroxylation is 2. The number of anilines is 1. The quantitative estimate of drug-likeness (QED) is 0.651. The van der Waals surface area contributed by atoms with Crippen molar-refractivity contribution in [2.24, 2.45) is 0 Å². The summed E-state index contributed by atoms with van der Waals surface area (Å²) in [6.45, 7) is 4.33. The highest BCUT2D eigenvalue weighted by atomic mass is 32.2. The molecule has 2 N–H and O–H groups in total. The van der Waals surface area contributed by atoms with Gasteiger partial charge in [0.2, 0.25) is 0 Å². The molecule has 0 spiro atoms. The minimum absolute atomic E-state index is 0.303. The first-order valence-electron chi connectivity index (χ1n) is 9.41. The molecule has 0 saturated carbocycles. The number of fused-ring (bicyclic) bond motifs is 1. The Bertz CT molecular complexity index is 1060. The van der Waals surface area contributed by atoms with Crippen LogP contribution in [0.1, 0.15) is 27.9 Å². The van der Waals surface area contributed by atoms with Gasteiger partial charge >= 0.3 is 11.8 Å². The Balaban J connectivity index is 1.50. The Kier molecular flexibility index (Phi) is 5.40. The van der Waals surface area contributed by atoms with E-state index >= 15 is 0 Å². The Hall–Kier alpha value is -3.06. The predicted octanol–water partition coefficient (Wildman–Crippen LogP) is 3.49. The fourth-order valence-electron chi connectivity index (χ4n) is 3.15. The normalized spacial score (nSPS) is 12.5. The second-order valence-corrected chi connectivity index (χ2v) is 8.12. The minimum Gasteiger partial charge on any atom is -0.344 e. The second-order valence-electron chi connectivity index (χ2n) is 7.14. The van der Waals surface area contributed by atoms with E-state index in [-0.39, 0.29) is 0 Å². The number of hydrogen-bond acceptors (Lipinski definition) is 4. The Labute approximate surface area is 173 Å². The standard InChI is InChI=1S/C22H22N4O2S/c1-14-3-7-16(8-4-14)11-23-21(27)22(28)24-20-18-12-29-13-19(18)25-26(20)17-9-5-15(2)6-10-17/h3-10H,11-13H2,1-2H3,(H,23,27)(H,24,28). The molecule has 6 nitrogen and oxygen atoms in total. The number of hydrogen-bond donors (Lipinski definition) is 2. The maximum atomic E-state index is 12.6. The summed E-state index contributed by atoms with van der Waals surface area (Å²) in [5.74, 6) is 0.786. The molecule has 0 saturated heterocycles. The van der Waals surface area contributed by atoms with Crippen LogP contribution < -0.4 is 10.6 Å². The Morgan fingerprint density at radius 2 is 1.62 bits per heavy atom. The number of carbonyl (C=O) groups excluding carboxylic acids is 2. The highest BCUT2D eigenvalue weighted by molar-refractivity contribution is 7.98. The summed E-state index contributed by atoms with van der Waals surface area (Å²) >= 11 is 1.75. The maximum absolute atomic E-state index is 12.6. The van der Waals surface area contributed by atoms with E-state index < -0.39 is 11.8 Å². The van der Waals surface area contributed by atoms with Gasteiger partial charge in [0, 0.05) is 23.6 Å². The number of rotatable bonds is 4. The van der Waals surface area contributed by atoms with E-state index in [1.54, 1.807) is 16.4 Å². The summed E-state index contributed by atoms with van der Waals surface area (Å²) in [5, 5.41) is 10.1. The van der Waals surface area contributed by atoms with Crippen molar-refractivity contribution in [2.45, 2.75) is 31.9 Å². The van der Waals surface area contributed by atoms with E-state index in [9.17, 15) is 9.59 Å². The molecule has 148 valence electrons. The lowest BCUT2D eigenvalue weighted by molar-refractivity contribution is -0.136. The predicted molar refractivity (Wildman–Crippen MR) is 115 cm³/mol. The molecule has 4 rings (SSSR count). The van der Waals surface area contributed by atoms with Crippen LogP contribution in [-0.4, -0.2) is 21.6 Å². The lowest BCUT2D eigenvalue weighted by atomic mass is 10.1. The summed E-state index contributed by atoms with van der Waals surface area (Å²) in [6, 6.07) is 15.7. The first-order chi connectivity index (χ1) is 14.0. The van der Waals surface area contributed by atoms with Gasteiger partial charge in [0.05, 0.1) is 11.4 Å². The van der Waals surface area contributed by atoms with Gasteiger partial charge in [-0.15, -0.1) is 0 Å². The van der Waals surface area contributed by atoms with E-state index in [1.165, 1.54) is 0 Å². The highest BCUT2D eigenvalue weighted by Gasteiger charge is 2.26. The largest absolute Gasteiger partial charge is 0.344 e. The summed E-state index contributed by atoms with van der Waals surface area (Å²) < 4.78 is 1.72. The molecule has 0 unspecified atom stereocenters. The molecule has 1 aliphatic heterocycles. The lowest BCUT2D eigenvalue weighted by Gasteiger charge is -2.11. The number of benzene rings is 2. The molecule has 7 heteroatoms. The second kappa shape index (κ2) is 8.13. The van der Waals surface area contributed by atoms with Crippen LogP contribution in [0.2, 0.25) is 0 Å². The molecule has 1 aliphatic rings. The summed E-state index contributed by atoms with van der Waals surface area (Å²) in [5.41, 5.74) is 6.02. The average Bonchev–Trinajstić information content (AvgIpc) is 3.30. The molecule has 0 radical (unpaired) electrons. The van der Waals surface area contributed by atoms with E-state index in [0.717, 1.165) is 45.1 Å². The molecule has 2 amide bonds. The number of carbonyl (C=O) groups is 2. The zero-order valence-electron chi connectivity index (χ0n) is 16.4. The van der Waals surface area contributed by atoms with E-state index in [2.05, 4.69) is 15.7 Å². The number of amides is 2. The van der Waals surface area contributed by atoms with Crippen LogP contribution in [0.4, 0.5) is 5.82 Å². The third-order valence-corrected chi connectivity index (χ3v) is 5.81. The molecule has 0 atom stereocenters. The third-order valence-electron chi connectivity index (χ3n) is 4.84. The molecule has 0 bridgehead atoms. The van der Waals surface area contributed by atoms with Gasteiger partial charge in [-0.1, -0.05) is 47.5 Å². The van der Waals surface area contributed by atoms with Crippen molar-refractivity contribution in [3.8, 4) is 5.69 Å². The molecule has 3 aromatic rings. The van der Waals surface area contributed by atoms with E-state index in [1.807, 2.05) is 62.4 Å². The van der Waals surface area contributed by atoms with E-state index in [0.29, 0.717) is 12.4 Å². The van der Waals surface area contributed by atoms with Crippen LogP contribution >= 0.6 is 11.8 Å². The smallest absolute Gasteiger partial charge is 0.314 e. The minimum atomic E-state index is -0.690. The van der Waals surface area contributed by atoms with Gasteiger partial charge in [-0.2, -0.15) is 16.9 Å². The third kappa shape index (κ3) is 4.19. The fourth-order valence-corrected chi connectivity index (χ4v) is 4.18. The van der Waals surface area contributed by atoms with Crippen molar-refractivity contribution in [2.75, 3.05) is 5.32 Å². The van der Waals surface area contributed by atoms with Gasteiger partial charge in [-0.3, -0.25) is 9.59 Å². The van der Waals surface area contributed by atoms with Crippen molar-refractivity contribution in [1.82, 2.24) is 15.1 Å². The first-order valence-corrected chi connectivity index (χ1v) is 10.6. The molecular formula is C22H22N4O2S. The molecule has 2 aromatic carbocycles. The van der Waals surface area contributed by atoms with Crippen LogP contribution in [0.25, 0.3) is 5.69 Å².